The van der Waals surface area contributed by atoms with Crippen molar-refractivity contribution in [3.8, 4) is 5.75 Å². The molecule has 0 saturated carbocycles. The van der Waals surface area contributed by atoms with Crippen LogP contribution in [-0.4, -0.2) is 31.9 Å². The zero-order valence-corrected chi connectivity index (χ0v) is 17.6. The molecule has 162 valence electrons. The first-order chi connectivity index (χ1) is 15.0. The van der Waals surface area contributed by atoms with Gasteiger partial charge < -0.3 is 24.8 Å². The minimum atomic E-state index is -0.380. The molecule has 0 radical (unpaired) electrons. The van der Waals surface area contributed by atoms with Crippen LogP contribution in [0.15, 0.2) is 36.4 Å². The summed E-state index contributed by atoms with van der Waals surface area (Å²) in [4.78, 5) is 24.7. The van der Waals surface area contributed by atoms with Gasteiger partial charge in [0.2, 0.25) is 0 Å². The Hall–Kier alpha value is -3.17. The van der Waals surface area contributed by atoms with E-state index in [0.717, 1.165) is 10.1 Å². The molecule has 9 heteroatoms. The molecule has 2 N–H and O–H groups in total. The summed E-state index contributed by atoms with van der Waals surface area (Å²) >= 11 is 1.34. The third-order valence-corrected chi connectivity index (χ3v) is 5.78. The smallest absolute Gasteiger partial charge is 0.348 e. The summed E-state index contributed by atoms with van der Waals surface area (Å²) in [5.74, 6) is -0.0974. The molecule has 0 aliphatic carbocycles. The third kappa shape index (κ3) is 4.95. The van der Waals surface area contributed by atoms with Crippen molar-refractivity contribution in [2.45, 2.75) is 20.0 Å². The van der Waals surface area contributed by atoms with Gasteiger partial charge in [-0.2, -0.15) is 0 Å². The van der Waals surface area contributed by atoms with Crippen molar-refractivity contribution in [2.75, 3.05) is 25.3 Å². The highest BCUT2D eigenvalue weighted by Gasteiger charge is 2.17. The molecule has 0 saturated heterocycles. The van der Waals surface area contributed by atoms with E-state index in [2.05, 4.69) is 10.6 Å². The molecule has 31 heavy (non-hydrogen) atoms. The van der Waals surface area contributed by atoms with Crippen molar-refractivity contribution in [3.05, 3.63) is 58.2 Å². The second-order valence-electron chi connectivity index (χ2n) is 6.88. The molecule has 0 atom stereocenters. The van der Waals surface area contributed by atoms with E-state index >= 15 is 0 Å². The van der Waals surface area contributed by atoms with Crippen molar-refractivity contribution in [1.29, 1.82) is 0 Å². The number of hydrogen-bond donors (Lipinski definition) is 2. The number of esters is 1. The van der Waals surface area contributed by atoms with Gasteiger partial charge in [-0.25, -0.2) is 14.0 Å². The summed E-state index contributed by atoms with van der Waals surface area (Å²) in [6.07, 6.45) is 0.417. The lowest BCUT2D eigenvalue weighted by molar-refractivity contribution is -0.0172. The normalized spacial score (nSPS) is 12.7. The van der Waals surface area contributed by atoms with E-state index in [-0.39, 0.29) is 24.6 Å². The van der Waals surface area contributed by atoms with Crippen molar-refractivity contribution in [2.24, 2.45) is 0 Å². The SMILES string of the molecule is CCOC(=O)c1cc2cc(NC(=O)NCCc3cc(F)cc4c3OCOC4)ccc2s1. The lowest BCUT2D eigenvalue weighted by atomic mass is 10.1. The van der Waals surface area contributed by atoms with Gasteiger partial charge in [0.25, 0.3) is 0 Å². The van der Waals surface area contributed by atoms with Crippen LogP contribution in [-0.2, 0) is 22.5 Å². The molecular weight excluding hydrogens is 423 g/mol. The Morgan fingerprint density at radius 1 is 1.23 bits per heavy atom. The Morgan fingerprint density at radius 2 is 2.10 bits per heavy atom. The maximum absolute atomic E-state index is 13.8. The van der Waals surface area contributed by atoms with Gasteiger partial charge in [-0.3, -0.25) is 0 Å². The Labute approximate surface area is 182 Å². The highest BCUT2D eigenvalue weighted by atomic mass is 32.1. The standard InChI is InChI=1S/C22H21FN2O5S/c1-2-29-21(26)19-10-14-9-17(3-4-18(14)31-19)25-22(27)24-6-5-13-7-16(23)8-15-11-28-12-30-20(13)15/h3-4,7-10H,2,5-6,11-12H2,1H3,(H2,24,25,27). The number of amides is 2. The number of urea groups is 1. The molecule has 1 aliphatic heterocycles. The van der Waals surface area contributed by atoms with Crippen LogP contribution in [0.5, 0.6) is 5.75 Å². The van der Waals surface area contributed by atoms with Crippen LogP contribution < -0.4 is 15.4 Å². The van der Waals surface area contributed by atoms with E-state index in [1.807, 2.05) is 6.07 Å². The summed E-state index contributed by atoms with van der Waals surface area (Å²) in [5, 5.41) is 6.38. The number of anilines is 1. The summed E-state index contributed by atoms with van der Waals surface area (Å²) in [6.45, 7) is 2.81. The molecule has 0 unspecified atom stereocenters. The second-order valence-corrected chi connectivity index (χ2v) is 7.96. The number of halogens is 1. The number of fused-ring (bicyclic) bond motifs is 2. The minimum absolute atomic E-state index is 0.127. The van der Waals surface area contributed by atoms with Gasteiger partial charge in [0.1, 0.15) is 16.4 Å². The summed E-state index contributed by atoms with van der Waals surface area (Å²) < 4.78 is 30.4. The zero-order chi connectivity index (χ0) is 21.8. The van der Waals surface area contributed by atoms with E-state index in [0.29, 0.717) is 53.6 Å². The average molecular weight is 444 g/mol. The maximum Gasteiger partial charge on any atom is 0.348 e. The first kappa shape index (κ1) is 21.1. The molecule has 7 nitrogen and oxygen atoms in total. The van der Waals surface area contributed by atoms with Crippen LogP contribution in [0, 0.1) is 5.82 Å². The van der Waals surface area contributed by atoms with Gasteiger partial charge in [0, 0.05) is 22.5 Å². The van der Waals surface area contributed by atoms with Crippen LogP contribution in [0.3, 0.4) is 0 Å². The van der Waals surface area contributed by atoms with Gasteiger partial charge >= 0.3 is 12.0 Å². The maximum atomic E-state index is 13.8. The van der Waals surface area contributed by atoms with Crippen LogP contribution in [0.25, 0.3) is 10.1 Å². The fourth-order valence-electron chi connectivity index (χ4n) is 3.35. The van der Waals surface area contributed by atoms with E-state index in [1.165, 1.54) is 23.5 Å². The number of hydrogen-bond acceptors (Lipinski definition) is 6. The molecule has 0 fully saturated rings. The molecule has 4 rings (SSSR count). The first-order valence-corrected chi connectivity index (χ1v) is 10.6. The van der Waals surface area contributed by atoms with Gasteiger partial charge in [0.15, 0.2) is 6.79 Å². The Bertz CT molecular complexity index is 1130. The minimum Gasteiger partial charge on any atom is -0.467 e. The highest BCUT2D eigenvalue weighted by Crippen LogP contribution is 2.30. The second kappa shape index (κ2) is 9.32. The Balaban J connectivity index is 1.35. The quantitative estimate of drug-likeness (QED) is 0.549. The van der Waals surface area contributed by atoms with Crippen molar-refractivity contribution < 1.29 is 28.2 Å². The number of thiophene rings is 1. The topological polar surface area (TPSA) is 85.9 Å². The predicted octanol–water partition coefficient (Wildman–Crippen LogP) is 4.45. The van der Waals surface area contributed by atoms with E-state index in [1.54, 1.807) is 25.1 Å². The van der Waals surface area contributed by atoms with Crippen molar-refractivity contribution in [3.63, 3.8) is 0 Å². The number of nitrogens with one attached hydrogen (secondary N) is 2. The van der Waals surface area contributed by atoms with E-state index < -0.39 is 0 Å². The van der Waals surface area contributed by atoms with Crippen LogP contribution in [0.2, 0.25) is 0 Å². The third-order valence-electron chi connectivity index (χ3n) is 4.68. The lowest BCUT2D eigenvalue weighted by Crippen LogP contribution is -2.30. The molecule has 1 aliphatic rings. The Morgan fingerprint density at radius 3 is 2.94 bits per heavy atom. The van der Waals surface area contributed by atoms with Crippen molar-refractivity contribution in [1.82, 2.24) is 5.32 Å². The first-order valence-electron chi connectivity index (χ1n) is 9.81. The number of benzene rings is 2. The number of carbonyl (C=O) groups excluding carboxylic acids is 2. The molecule has 2 aromatic carbocycles. The lowest BCUT2D eigenvalue weighted by Gasteiger charge is -2.21. The van der Waals surface area contributed by atoms with E-state index in [4.69, 9.17) is 14.2 Å². The molecule has 0 bridgehead atoms. The number of ether oxygens (including phenoxy) is 3. The predicted molar refractivity (Wildman–Crippen MR) is 115 cm³/mol. The van der Waals surface area contributed by atoms with Gasteiger partial charge in [-0.05, 0) is 60.7 Å². The van der Waals surface area contributed by atoms with Gasteiger partial charge in [-0.15, -0.1) is 11.3 Å². The summed E-state index contributed by atoms with van der Waals surface area (Å²) in [7, 11) is 0. The molecule has 2 amide bonds. The zero-order valence-electron chi connectivity index (χ0n) is 16.8. The molecule has 1 aromatic heterocycles. The monoisotopic (exact) mass is 444 g/mol. The fraction of sp³-hybridized carbons (Fsp3) is 0.273. The highest BCUT2D eigenvalue weighted by molar-refractivity contribution is 7.20. The van der Waals surface area contributed by atoms with Crippen molar-refractivity contribution >= 4 is 39.1 Å². The summed E-state index contributed by atoms with van der Waals surface area (Å²) in [5.41, 5.74) is 1.95. The molecule has 3 aromatic rings. The van der Waals surface area contributed by atoms with E-state index in [9.17, 15) is 14.0 Å². The molecule has 2 heterocycles. The average Bonchev–Trinajstić information content (AvgIpc) is 3.17. The van der Waals surface area contributed by atoms with Crippen LogP contribution >= 0.6 is 11.3 Å². The fourth-order valence-corrected chi connectivity index (χ4v) is 4.29. The number of carbonyl (C=O) groups is 2. The van der Waals surface area contributed by atoms with Crippen LogP contribution in [0.1, 0.15) is 27.7 Å². The number of rotatable bonds is 6. The van der Waals surface area contributed by atoms with Gasteiger partial charge in [-0.1, -0.05) is 0 Å². The molecule has 0 spiro atoms. The summed E-state index contributed by atoms with van der Waals surface area (Å²) in [6, 6.07) is 9.58. The molecular formula is C22H21FN2O5S. The van der Waals surface area contributed by atoms with Crippen LogP contribution in [0.4, 0.5) is 14.9 Å². The van der Waals surface area contributed by atoms with Gasteiger partial charge in [0.05, 0.1) is 13.2 Å². The Kier molecular flexibility index (Phi) is 6.34. The largest absolute Gasteiger partial charge is 0.467 e.